The number of anilines is 1. The van der Waals surface area contributed by atoms with Gasteiger partial charge in [0.2, 0.25) is 0 Å². The Labute approximate surface area is 105 Å². The van der Waals surface area contributed by atoms with Gasteiger partial charge in [-0.05, 0) is 31.5 Å². The summed E-state index contributed by atoms with van der Waals surface area (Å²) in [6, 6.07) is 8.02. The molecule has 2 rings (SSSR count). The Balaban J connectivity index is 2.43. The van der Waals surface area contributed by atoms with Gasteiger partial charge in [0.15, 0.2) is 0 Å². The van der Waals surface area contributed by atoms with Gasteiger partial charge in [-0.1, -0.05) is 12.1 Å². The summed E-state index contributed by atoms with van der Waals surface area (Å²) in [6.07, 6.45) is 1.64. The van der Waals surface area contributed by atoms with Crippen molar-refractivity contribution in [3.63, 3.8) is 0 Å². The van der Waals surface area contributed by atoms with Crippen molar-refractivity contribution in [2.45, 2.75) is 19.3 Å². The Morgan fingerprint density at radius 2 is 1.83 bits per heavy atom. The summed E-state index contributed by atoms with van der Waals surface area (Å²) in [5, 5.41) is 0. The van der Waals surface area contributed by atoms with Gasteiger partial charge in [0.1, 0.15) is 17.5 Å². The van der Waals surface area contributed by atoms with Gasteiger partial charge < -0.3 is 5.43 Å². The van der Waals surface area contributed by atoms with Crippen molar-refractivity contribution in [3.8, 4) is 0 Å². The molecule has 0 unspecified atom stereocenters. The summed E-state index contributed by atoms with van der Waals surface area (Å²) in [7, 11) is 0. The fourth-order valence-electron chi connectivity index (χ4n) is 1.74. The van der Waals surface area contributed by atoms with E-state index in [1.54, 1.807) is 24.4 Å². The molecule has 0 aliphatic rings. The summed E-state index contributed by atoms with van der Waals surface area (Å²) in [5.41, 5.74) is 3.02. The smallest absolute Gasteiger partial charge is 0.143 e. The first-order chi connectivity index (χ1) is 8.54. The number of hydrogen-bond acceptors (Lipinski definition) is 4. The second-order valence-corrected chi connectivity index (χ2v) is 4.54. The second-order valence-electron chi connectivity index (χ2n) is 4.54. The van der Waals surface area contributed by atoms with Crippen molar-refractivity contribution in [1.29, 1.82) is 0 Å². The van der Waals surface area contributed by atoms with Crippen molar-refractivity contribution in [3.05, 3.63) is 53.7 Å². The Bertz CT molecular complexity index is 537. The summed E-state index contributed by atoms with van der Waals surface area (Å²) >= 11 is 0. The van der Waals surface area contributed by atoms with E-state index in [4.69, 9.17) is 5.84 Å². The minimum atomic E-state index is -0.416. The van der Waals surface area contributed by atoms with Gasteiger partial charge in [-0.3, -0.25) is 0 Å². The molecule has 0 amide bonds. The highest BCUT2D eigenvalue weighted by Gasteiger charge is 2.26. The maximum atomic E-state index is 12.9. The van der Waals surface area contributed by atoms with Gasteiger partial charge in [-0.15, -0.1) is 0 Å². The van der Waals surface area contributed by atoms with Crippen LogP contribution in [-0.4, -0.2) is 9.97 Å². The number of nitrogens with two attached hydrogens (primary N) is 1. The second kappa shape index (κ2) is 4.70. The van der Waals surface area contributed by atoms with Gasteiger partial charge in [0.05, 0.1) is 0 Å². The highest BCUT2D eigenvalue weighted by atomic mass is 19.1. The van der Waals surface area contributed by atoms with E-state index in [9.17, 15) is 4.39 Å². The van der Waals surface area contributed by atoms with E-state index in [1.807, 2.05) is 13.8 Å². The molecule has 5 heteroatoms. The molecule has 4 nitrogen and oxygen atoms in total. The number of benzene rings is 1. The number of aromatic nitrogens is 2. The van der Waals surface area contributed by atoms with E-state index in [-0.39, 0.29) is 5.82 Å². The average molecular weight is 246 g/mol. The monoisotopic (exact) mass is 246 g/mol. The molecular formula is C13H15FN4. The topological polar surface area (TPSA) is 63.8 Å². The van der Waals surface area contributed by atoms with Crippen LogP contribution in [0.5, 0.6) is 0 Å². The Hall–Kier alpha value is -2.01. The van der Waals surface area contributed by atoms with E-state index < -0.39 is 5.41 Å². The maximum absolute atomic E-state index is 12.9. The first kappa shape index (κ1) is 12.4. The molecule has 0 saturated carbocycles. The zero-order valence-corrected chi connectivity index (χ0v) is 10.3. The molecular weight excluding hydrogens is 231 g/mol. The molecule has 94 valence electrons. The van der Waals surface area contributed by atoms with Crippen LogP contribution in [0.15, 0.2) is 36.5 Å². The SMILES string of the molecule is CC(C)(c1ccc(F)cc1)c1nccc(NN)n1. The van der Waals surface area contributed by atoms with Crippen molar-refractivity contribution in [2.24, 2.45) is 5.84 Å². The van der Waals surface area contributed by atoms with Crippen LogP contribution in [0, 0.1) is 5.82 Å². The van der Waals surface area contributed by atoms with Crippen LogP contribution >= 0.6 is 0 Å². The molecule has 0 atom stereocenters. The highest BCUT2D eigenvalue weighted by molar-refractivity contribution is 5.36. The number of rotatable bonds is 3. The Morgan fingerprint density at radius 3 is 2.44 bits per heavy atom. The summed E-state index contributed by atoms with van der Waals surface area (Å²) < 4.78 is 12.9. The van der Waals surface area contributed by atoms with E-state index in [1.165, 1.54) is 12.1 Å². The molecule has 2 aromatic rings. The lowest BCUT2D eigenvalue weighted by molar-refractivity contribution is 0.583. The van der Waals surface area contributed by atoms with Gasteiger partial charge in [-0.2, -0.15) is 0 Å². The maximum Gasteiger partial charge on any atom is 0.143 e. The van der Waals surface area contributed by atoms with Crippen LogP contribution in [0.25, 0.3) is 0 Å². The van der Waals surface area contributed by atoms with Gasteiger partial charge in [0.25, 0.3) is 0 Å². The molecule has 1 heterocycles. The molecule has 18 heavy (non-hydrogen) atoms. The van der Waals surface area contributed by atoms with Crippen LogP contribution in [-0.2, 0) is 5.41 Å². The number of nitrogens with zero attached hydrogens (tertiary/aromatic N) is 2. The third-order valence-corrected chi connectivity index (χ3v) is 2.93. The first-order valence-corrected chi connectivity index (χ1v) is 5.60. The highest BCUT2D eigenvalue weighted by Crippen LogP contribution is 2.29. The third-order valence-electron chi connectivity index (χ3n) is 2.93. The van der Waals surface area contributed by atoms with Crippen molar-refractivity contribution in [2.75, 3.05) is 5.43 Å². The minimum Gasteiger partial charge on any atom is -0.308 e. The zero-order valence-electron chi connectivity index (χ0n) is 10.3. The van der Waals surface area contributed by atoms with E-state index in [0.717, 1.165) is 5.56 Å². The van der Waals surface area contributed by atoms with Crippen LogP contribution < -0.4 is 11.3 Å². The molecule has 0 saturated heterocycles. The normalized spacial score (nSPS) is 11.3. The Kier molecular flexibility index (Phi) is 3.25. The fourth-order valence-corrected chi connectivity index (χ4v) is 1.74. The molecule has 3 N–H and O–H groups in total. The lowest BCUT2D eigenvalue weighted by Crippen LogP contribution is -2.23. The van der Waals surface area contributed by atoms with Crippen molar-refractivity contribution < 1.29 is 4.39 Å². The predicted molar refractivity (Wildman–Crippen MR) is 68.4 cm³/mol. The largest absolute Gasteiger partial charge is 0.308 e. The standard InChI is InChI=1S/C13H15FN4/c1-13(2,9-3-5-10(14)6-4-9)12-16-8-7-11(17-12)18-15/h3-8H,15H2,1-2H3,(H,16,17,18). The molecule has 0 spiro atoms. The molecule has 1 aromatic heterocycles. The lowest BCUT2D eigenvalue weighted by atomic mass is 9.84. The van der Waals surface area contributed by atoms with Crippen LogP contribution in [0.2, 0.25) is 0 Å². The molecule has 0 fully saturated rings. The number of hydrazine groups is 1. The van der Waals surface area contributed by atoms with Crippen LogP contribution in [0.4, 0.5) is 10.2 Å². The number of halogens is 1. The molecule has 0 aliphatic carbocycles. The van der Waals surface area contributed by atoms with E-state index in [0.29, 0.717) is 11.6 Å². The Morgan fingerprint density at radius 1 is 1.17 bits per heavy atom. The van der Waals surface area contributed by atoms with Gasteiger partial charge in [0, 0.05) is 17.7 Å². The average Bonchev–Trinajstić information content (AvgIpc) is 2.39. The van der Waals surface area contributed by atoms with Crippen LogP contribution in [0.1, 0.15) is 25.2 Å². The first-order valence-electron chi connectivity index (χ1n) is 5.60. The fraction of sp³-hybridized carbons (Fsp3) is 0.231. The zero-order chi connectivity index (χ0) is 13.2. The number of nitrogens with one attached hydrogen (secondary N) is 1. The molecule has 0 radical (unpaired) electrons. The summed E-state index contributed by atoms with van der Waals surface area (Å²) in [4.78, 5) is 8.58. The lowest BCUT2D eigenvalue weighted by Gasteiger charge is -2.23. The van der Waals surface area contributed by atoms with E-state index >= 15 is 0 Å². The van der Waals surface area contributed by atoms with Crippen molar-refractivity contribution >= 4 is 5.82 Å². The van der Waals surface area contributed by atoms with Gasteiger partial charge >= 0.3 is 0 Å². The van der Waals surface area contributed by atoms with Crippen molar-refractivity contribution in [1.82, 2.24) is 9.97 Å². The van der Waals surface area contributed by atoms with Gasteiger partial charge in [-0.25, -0.2) is 20.2 Å². The molecule has 0 bridgehead atoms. The summed E-state index contributed by atoms with van der Waals surface area (Å²) in [6.45, 7) is 3.96. The minimum absolute atomic E-state index is 0.257. The number of nitrogen functional groups attached to an aromatic ring is 1. The quantitative estimate of drug-likeness (QED) is 0.644. The van der Waals surface area contributed by atoms with Crippen LogP contribution in [0.3, 0.4) is 0 Å². The predicted octanol–water partition coefficient (Wildman–Crippen LogP) is 2.23. The third kappa shape index (κ3) is 2.31. The molecule has 1 aromatic carbocycles. The van der Waals surface area contributed by atoms with E-state index in [2.05, 4.69) is 15.4 Å². The summed E-state index contributed by atoms with van der Waals surface area (Å²) in [5.74, 6) is 6.25. The molecule has 0 aliphatic heterocycles. The number of hydrogen-bond donors (Lipinski definition) is 2.